The van der Waals surface area contributed by atoms with Gasteiger partial charge in [-0.3, -0.25) is 9.59 Å². The zero-order valence-electron chi connectivity index (χ0n) is 13.3. The van der Waals surface area contributed by atoms with Gasteiger partial charge >= 0.3 is 5.97 Å². The summed E-state index contributed by atoms with van der Waals surface area (Å²) >= 11 is 6.21. The summed E-state index contributed by atoms with van der Waals surface area (Å²) in [7, 11) is 0. The Labute approximate surface area is 144 Å². The van der Waals surface area contributed by atoms with Gasteiger partial charge in [0.25, 0.3) is 0 Å². The Hall–Kier alpha value is -2.40. The van der Waals surface area contributed by atoms with Gasteiger partial charge in [-0.25, -0.2) is 4.98 Å². The molecule has 1 aromatic heterocycles. The largest absolute Gasteiger partial charge is 0.506 e. The molecule has 0 atom stereocenters. The number of aromatic hydroxyl groups is 1. The third-order valence-electron chi connectivity index (χ3n) is 3.61. The van der Waals surface area contributed by atoms with Crippen LogP contribution in [0.1, 0.15) is 30.5 Å². The zero-order valence-corrected chi connectivity index (χ0v) is 14.0. The lowest BCUT2D eigenvalue weighted by atomic mass is 10.1. The van der Waals surface area contributed by atoms with Crippen LogP contribution in [-0.4, -0.2) is 26.9 Å². The van der Waals surface area contributed by atoms with Crippen LogP contribution in [0.25, 0.3) is 11.3 Å². The highest BCUT2D eigenvalue weighted by Gasteiger charge is 2.12. The maximum absolute atomic E-state index is 11.7. The van der Waals surface area contributed by atoms with E-state index < -0.39 is 5.97 Å². The number of carbonyl (C=O) groups is 2. The van der Waals surface area contributed by atoms with Gasteiger partial charge in [-0.1, -0.05) is 23.2 Å². The molecule has 2 N–H and O–H groups in total. The summed E-state index contributed by atoms with van der Waals surface area (Å²) < 4.78 is 0. The van der Waals surface area contributed by atoms with Crippen LogP contribution in [0.4, 0.5) is 0 Å². The first kappa shape index (κ1) is 17.9. The molecule has 0 aliphatic heterocycles. The van der Waals surface area contributed by atoms with Crippen LogP contribution in [0.2, 0.25) is 5.02 Å². The molecule has 0 unspecified atom stereocenters. The first-order valence-corrected chi connectivity index (χ1v) is 7.93. The van der Waals surface area contributed by atoms with E-state index in [4.69, 9.17) is 16.7 Å². The average Bonchev–Trinajstić information content (AvgIpc) is 2.54. The zero-order chi connectivity index (χ0) is 17.7. The molecular formula is C18H18ClNO4. The summed E-state index contributed by atoms with van der Waals surface area (Å²) in [5.41, 5.74) is 2.81. The lowest BCUT2D eigenvalue weighted by molar-refractivity contribution is -0.138. The van der Waals surface area contributed by atoms with Gasteiger partial charge in [0.15, 0.2) is 0 Å². The van der Waals surface area contributed by atoms with Crippen LogP contribution in [0.5, 0.6) is 5.75 Å². The summed E-state index contributed by atoms with van der Waals surface area (Å²) in [4.78, 5) is 26.6. The molecule has 0 saturated heterocycles. The minimum Gasteiger partial charge on any atom is -0.506 e. The first-order chi connectivity index (χ1) is 11.4. The topological polar surface area (TPSA) is 87.5 Å². The predicted octanol–water partition coefficient (Wildman–Crippen LogP) is 3.78. The SMILES string of the molecule is Cc1ccc(Cl)c(-c2ccc(O)c(CCC(=O)CCC(=O)O)n2)c1. The number of ketones is 1. The number of hydrogen-bond acceptors (Lipinski definition) is 4. The second-order valence-electron chi connectivity index (χ2n) is 5.58. The average molecular weight is 348 g/mol. The van der Waals surface area contributed by atoms with E-state index in [1.807, 2.05) is 19.1 Å². The fourth-order valence-electron chi connectivity index (χ4n) is 2.29. The summed E-state index contributed by atoms with van der Waals surface area (Å²) in [5, 5.41) is 19.1. The minimum absolute atomic E-state index is 0.00793. The van der Waals surface area contributed by atoms with Crippen molar-refractivity contribution in [3.63, 3.8) is 0 Å². The molecule has 0 aliphatic rings. The standard InChI is InChI=1S/C18H18ClNO4/c1-11-2-5-14(19)13(10-11)15-7-8-17(22)16(20-15)6-3-12(21)4-9-18(23)24/h2,5,7-8,10,22H,3-4,6,9H2,1H3,(H,23,24). The highest BCUT2D eigenvalue weighted by Crippen LogP contribution is 2.29. The van der Waals surface area contributed by atoms with Crippen molar-refractivity contribution in [2.24, 2.45) is 0 Å². The molecule has 0 radical (unpaired) electrons. The van der Waals surface area contributed by atoms with Crippen molar-refractivity contribution in [3.8, 4) is 17.0 Å². The summed E-state index contributed by atoms with van der Waals surface area (Å²) in [5.74, 6) is -1.16. The van der Waals surface area contributed by atoms with Gasteiger partial charge in [-0.05, 0) is 31.2 Å². The molecule has 0 aliphatic carbocycles. The normalized spacial score (nSPS) is 10.6. The van der Waals surface area contributed by atoms with Gasteiger partial charge in [0, 0.05) is 29.8 Å². The van der Waals surface area contributed by atoms with Crippen molar-refractivity contribution in [2.75, 3.05) is 0 Å². The Balaban J connectivity index is 2.15. The van der Waals surface area contributed by atoms with E-state index in [9.17, 15) is 14.7 Å². The van der Waals surface area contributed by atoms with Crippen LogP contribution in [-0.2, 0) is 16.0 Å². The van der Waals surface area contributed by atoms with E-state index >= 15 is 0 Å². The number of hydrogen-bond donors (Lipinski definition) is 2. The molecule has 0 saturated carbocycles. The number of carboxylic acid groups (broad SMARTS) is 1. The molecule has 6 heteroatoms. The Bertz CT molecular complexity index is 774. The molecule has 126 valence electrons. The minimum atomic E-state index is -1.000. The lowest BCUT2D eigenvalue weighted by Gasteiger charge is -2.09. The maximum atomic E-state index is 11.7. The fourth-order valence-corrected chi connectivity index (χ4v) is 2.51. The van der Waals surface area contributed by atoms with Gasteiger partial charge < -0.3 is 10.2 Å². The van der Waals surface area contributed by atoms with Gasteiger partial charge in [-0.2, -0.15) is 0 Å². The van der Waals surface area contributed by atoms with Gasteiger partial charge in [0.1, 0.15) is 11.5 Å². The number of aliphatic carboxylic acids is 1. The molecular weight excluding hydrogens is 330 g/mol. The Morgan fingerprint density at radius 1 is 1.12 bits per heavy atom. The quantitative estimate of drug-likeness (QED) is 0.795. The van der Waals surface area contributed by atoms with Crippen LogP contribution in [0, 0.1) is 6.92 Å². The van der Waals surface area contributed by atoms with E-state index in [0.29, 0.717) is 16.4 Å². The Kier molecular flexibility index (Phi) is 5.93. The van der Waals surface area contributed by atoms with Crippen molar-refractivity contribution in [3.05, 3.63) is 46.6 Å². The van der Waals surface area contributed by atoms with Crippen LogP contribution < -0.4 is 0 Å². The third kappa shape index (κ3) is 4.80. The maximum Gasteiger partial charge on any atom is 0.303 e. The number of benzene rings is 1. The number of halogens is 1. The van der Waals surface area contributed by atoms with Crippen molar-refractivity contribution >= 4 is 23.4 Å². The molecule has 0 spiro atoms. The number of carboxylic acids is 1. The van der Waals surface area contributed by atoms with Gasteiger partial charge in [0.05, 0.1) is 17.8 Å². The van der Waals surface area contributed by atoms with Crippen LogP contribution in [0.15, 0.2) is 30.3 Å². The Morgan fingerprint density at radius 3 is 2.58 bits per heavy atom. The van der Waals surface area contributed by atoms with Crippen molar-refractivity contribution in [1.82, 2.24) is 4.98 Å². The number of carbonyl (C=O) groups excluding carboxylic acids is 1. The van der Waals surface area contributed by atoms with E-state index in [2.05, 4.69) is 4.98 Å². The number of pyridine rings is 1. The molecule has 5 nitrogen and oxygen atoms in total. The van der Waals surface area contributed by atoms with E-state index in [1.54, 1.807) is 12.1 Å². The third-order valence-corrected chi connectivity index (χ3v) is 3.94. The molecule has 0 bridgehead atoms. The lowest BCUT2D eigenvalue weighted by Crippen LogP contribution is -2.05. The molecule has 0 fully saturated rings. The predicted molar refractivity (Wildman–Crippen MR) is 91.3 cm³/mol. The smallest absolute Gasteiger partial charge is 0.303 e. The van der Waals surface area contributed by atoms with E-state index in [-0.39, 0.29) is 37.2 Å². The van der Waals surface area contributed by atoms with Crippen molar-refractivity contribution in [1.29, 1.82) is 0 Å². The molecule has 1 heterocycles. The number of Topliss-reactive ketones (excluding diaryl/α,β-unsaturated/α-hetero) is 1. The summed E-state index contributed by atoms with van der Waals surface area (Å²) in [6, 6.07) is 8.79. The monoisotopic (exact) mass is 347 g/mol. The molecule has 2 aromatic rings. The highest BCUT2D eigenvalue weighted by molar-refractivity contribution is 6.33. The fraction of sp³-hybridized carbons (Fsp3) is 0.278. The van der Waals surface area contributed by atoms with Gasteiger partial charge in [-0.15, -0.1) is 0 Å². The highest BCUT2D eigenvalue weighted by atomic mass is 35.5. The number of aryl methyl sites for hydroxylation is 2. The summed E-state index contributed by atoms with van der Waals surface area (Å²) in [6.45, 7) is 1.95. The second-order valence-corrected chi connectivity index (χ2v) is 5.99. The molecule has 24 heavy (non-hydrogen) atoms. The number of rotatable bonds is 7. The van der Waals surface area contributed by atoms with Crippen LogP contribution >= 0.6 is 11.6 Å². The van der Waals surface area contributed by atoms with E-state index in [0.717, 1.165) is 11.1 Å². The van der Waals surface area contributed by atoms with Crippen molar-refractivity contribution < 1.29 is 19.8 Å². The van der Waals surface area contributed by atoms with Crippen LogP contribution in [0.3, 0.4) is 0 Å². The van der Waals surface area contributed by atoms with Gasteiger partial charge in [0.2, 0.25) is 0 Å². The molecule has 2 rings (SSSR count). The molecule has 0 amide bonds. The second kappa shape index (κ2) is 7.93. The number of aromatic nitrogens is 1. The Morgan fingerprint density at radius 2 is 1.88 bits per heavy atom. The number of nitrogens with zero attached hydrogens (tertiary/aromatic N) is 1. The first-order valence-electron chi connectivity index (χ1n) is 7.55. The van der Waals surface area contributed by atoms with Crippen molar-refractivity contribution in [2.45, 2.75) is 32.6 Å². The van der Waals surface area contributed by atoms with E-state index in [1.165, 1.54) is 6.07 Å². The summed E-state index contributed by atoms with van der Waals surface area (Å²) in [6.07, 6.45) is 0.192. The molecule has 1 aromatic carbocycles.